The number of anilines is 1. The molecule has 1 unspecified atom stereocenters. The Morgan fingerprint density at radius 2 is 2.19 bits per heavy atom. The number of hydrogen-bond donors (Lipinski definition) is 2. The molecule has 4 nitrogen and oxygen atoms in total. The molecule has 2 rings (SSSR count). The number of ether oxygens (including phenoxy) is 1. The number of carbonyl (C=O) groups excluding carboxylic acids is 1. The molecule has 1 fully saturated rings. The Morgan fingerprint density at radius 3 is 2.81 bits per heavy atom. The molecule has 1 atom stereocenters. The first-order chi connectivity index (χ1) is 9.60. The van der Waals surface area contributed by atoms with Gasteiger partial charge in [-0.05, 0) is 31.8 Å². The van der Waals surface area contributed by atoms with Gasteiger partial charge in [-0.2, -0.15) is 0 Å². The van der Waals surface area contributed by atoms with Crippen LogP contribution in [0.4, 0.5) is 14.5 Å². The van der Waals surface area contributed by atoms with Crippen LogP contribution in [0.1, 0.15) is 19.3 Å². The quantitative estimate of drug-likeness (QED) is 0.877. The van der Waals surface area contributed by atoms with E-state index in [1.165, 1.54) is 7.11 Å². The maximum absolute atomic E-state index is 13.6. The number of nitrogens with one attached hydrogen (secondary N) is 2. The molecule has 118 valence electrons. The van der Waals surface area contributed by atoms with Crippen molar-refractivity contribution in [2.75, 3.05) is 25.5 Å². The highest BCUT2D eigenvalue weighted by molar-refractivity contribution is 5.90. The third-order valence-corrected chi connectivity index (χ3v) is 3.46. The average Bonchev–Trinajstić information content (AvgIpc) is 2.93. The van der Waals surface area contributed by atoms with Crippen LogP contribution in [-0.2, 0) is 4.79 Å². The molecule has 1 aromatic carbocycles. The van der Waals surface area contributed by atoms with Crippen molar-refractivity contribution in [3.63, 3.8) is 0 Å². The minimum atomic E-state index is -0.709. The van der Waals surface area contributed by atoms with E-state index in [0.29, 0.717) is 12.3 Å². The minimum Gasteiger partial charge on any atom is -0.494 e. The number of rotatable bonds is 5. The van der Waals surface area contributed by atoms with Crippen LogP contribution in [-0.4, -0.2) is 26.1 Å². The predicted octanol–water partition coefficient (Wildman–Crippen LogP) is 2.72. The summed E-state index contributed by atoms with van der Waals surface area (Å²) >= 11 is 0. The molecule has 1 aliphatic rings. The molecule has 1 amide bonds. The molecule has 1 aromatic rings. The van der Waals surface area contributed by atoms with Crippen molar-refractivity contribution in [1.29, 1.82) is 0 Å². The van der Waals surface area contributed by atoms with E-state index in [1.807, 2.05) is 0 Å². The summed E-state index contributed by atoms with van der Waals surface area (Å²) in [6.07, 6.45) is 2.11. The zero-order valence-electron chi connectivity index (χ0n) is 11.7. The Labute approximate surface area is 128 Å². The zero-order valence-corrected chi connectivity index (χ0v) is 12.6. The average molecular weight is 321 g/mol. The second-order valence-electron chi connectivity index (χ2n) is 4.91. The van der Waals surface area contributed by atoms with Gasteiger partial charge < -0.3 is 15.4 Å². The number of carbonyl (C=O) groups is 1. The third-order valence-electron chi connectivity index (χ3n) is 3.46. The number of halogens is 3. The van der Waals surface area contributed by atoms with Crippen LogP contribution in [0.2, 0.25) is 0 Å². The molecule has 7 heteroatoms. The number of methoxy groups -OCH3 is 1. The van der Waals surface area contributed by atoms with Crippen LogP contribution in [0.3, 0.4) is 0 Å². The Hall–Kier alpha value is -1.40. The van der Waals surface area contributed by atoms with E-state index < -0.39 is 11.6 Å². The van der Waals surface area contributed by atoms with Gasteiger partial charge in [0.15, 0.2) is 17.4 Å². The molecular formula is C14H19ClF2N2O2. The Bertz CT molecular complexity index is 494. The Morgan fingerprint density at radius 1 is 1.43 bits per heavy atom. The summed E-state index contributed by atoms with van der Waals surface area (Å²) in [5, 5.41) is 5.62. The van der Waals surface area contributed by atoms with E-state index >= 15 is 0 Å². The minimum absolute atomic E-state index is 0. The van der Waals surface area contributed by atoms with Crippen molar-refractivity contribution in [2.24, 2.45) is 5.92 Å². The monoisotopic (exact) mass is 320 g/mol. The first-order valence-electron chi connectivity index (χ1n) is 6.63. The molecule has 0 saturated carbocycles. The van der Waals surface area contributed by atoms with Gasteiger partial charge in [-0.1, -0.05) is 0 Å². The maximum atomic E-state index is 13.6. The molecule has 2 N–H and O–H groups in total. The molecule has 0 bridgehead atoms. The van der Waals surface area contributed by atoms with Crippen molar-refractivity contribution in [1.82, 2.24) is 5.32 Å². The first-order valence-corrected chi connectivity index (χ1v) is 6.63. The Balaban J connectivity index is 0.00000220. The summed E-state index contributed by atoms with van der Waals surface area (Å²) in [5.74, 6) is -1.42. The van der Waals surface area contributed by atoms with Crippen LogP contribution in [0.5, 0.6) is 5.75 Å². The highest BCUT2D eigenvalue weighted by Crippen LogP contribution is 2.25. The van der Waals surface area contributed by atoms with Crippen molar-refractivity contribution < 1.29 is 18.3 Å². The van der Waals surface area contributed by atoms with Gasteiger partial charge in [0.2, 0.25) is 5.91 Å². The van der Waals surface area contributed by atoms with E-state index in [-0.39, 0.29) is 29.8 Å². The van der Waals surface area contributed by atoms with E-state index in [2.05, 4.69) is 15.4 Å². The normalized spacial score (nSPS) is 17.2. The zero-order chi connectivity index (χ0) is 14.5. The Kier molecular flexibility index (Phi) is 6.84. The van der Waals surface area contributed by atoms with Gasteiger partial charge in [-0.3, -0.25) is 4.79 Å². The molecule has 1 heterocycles. The second kappa shape index (κ2) is 8.14. The first kappa shape index (κ1) is 17.7. The van der Waals surface area contributed by atoms with Crippen LogP contribution in [0.15, 0.2) is 12.1 Å². The standard InChI is InChI=1S/C14H18F2N2O2.ClH/c1-20-13-7-10(15)12(6-11(13)16)18-14(19)3-2-9-4-5-17-8-9;/h6-7,9,17H,2-5,8H2,1H3,(H,18,19);1H. The lowest BCUT2D eigenvalue weighted by atomic mass is 10.0. The summed E-state index contributed by atoms with van der Waals surface area (Å²) in [7, 11) is 1.26. The largest absolute Gasteiger partial charge is 0.494 e. The number of amides is 1. The van der Waals surface area contributed by atoms with Gasteiger partial charge in [-0.15, -0.1) is 12.4 Å². The van der Waals surface area contributed by atoms with Crippen LogP contribution < -0.4 is 15.4 Å². The molecule has 21 heavy (non-hydrogen) atoms. The number of benzene rings is 1. The van der Waals surface area contributed by atoms with Crippen molar-refractivity contribution in [3.8, 4) is 5.75 Å². The molecule has 0 aliphatic carbocycles. The molecule has 1 aliphatic heterocycles. The maximum Gasteiger partial charge on any atom is 0.224 e. The van der Waals surface area contributed by atoms with Crippen LogP contribution in [0.25, 0.3) is 0 Å². The van der Waals surface area contributed by atoms with Crippen LogP contribution >= 0.6 is 12.4 Å². The lowest BCUT2D eigenvalue weighted by Gasteiger charge is -2.10. The summed E-state index contributed by atoms with van der Waals surface area (Å²) in [6, 6.07) is 1.86. The van der Waals surface area contributed by atoms with E-state index in [1.54, 1.807) is 0 Å². The fourth-order valence-electron chi connectivity index (χ4n) is 2.29. The summed E-state index contributed by atoms with van der Waals surface area (Å²) in [4.78, 5) is 11.7. The van der Waals surface area contributed by atoms with E-state index in [0.717, 1.165) is 38.1 Å². The fraction of sp³-hybridized carbons (Fsp3) is 0.500. The van der Waals surface area contributed by atoms with Gasteiger partial charge in [0.25, 0.3) is 0 Å². The lowest BCUT2D eigenvalue weighted by Crippen LogP contribution is -2.16. The summed E-state index contributed by atoms with van der Waals surface area (Å²) < 4.78 is 31.8. The van der Waals surface area contributed by atoms with E-state index in [4.69, 9.17) is 0 Å². The van der Waals surface area contributed by atoms with Crippen molar-refractivity contribution in [3.05, 3.63) is 23.8 Å². The molecule has 0 aromatic heterocycles. The molecule has 0 radical (unpaired) electrons. The second-order valence-corrected chi connectivity index (χ2v) is 4.91. The smallest absolute Gasteiger partial charge is 0.224 e. The third kappa shape index (κ3) is 4.82. The topological polar surface area (TPSA) is 50.4 Å². The summed E-state index contributed by atoms with van der Waals surface area (Å²) in [6.45, 7) is 1.89. The molecular weight excluding hydrogens is 302 g/mol. The lowest BCUT2D eigenvalue weighted by molar-refractivity contribution is -0.116. The molecule has 0 spiro atoms. The predicted molar refractivity (Wildman–Crippen MR) is 79.0 cm³/mol. The highest BCUT2D eigenvalue weighted by Gasteiger charge is 2.17. The molecule has 1 saturated heterocycles. The SMILES string of the molecule is COc1cc(F)c(NC(=O)CCC2CCNC2)cc1F.Cl. The van der Waals surface area contributed by atoms with Gasteiger partial charge in [-0.25, -0.2) is 8.78 Å². The van der Waals surface area contributed by atoms with E-state index in [9.17, 15) is 13.6 Å². The fourth-order valence-corrected chi connectivity index (χ4v) is 2.29. The van der Waals surface area contributed by atoms with Gasteiger partial charge in [0, 0.05) is 18.6 Å². The number of hydrogen-bond acceptors (Lipinski definition) is 3. The van der Waals surface area contributed by atoms with Crippen molar-refractivity contribution in [2.45, 2.75) is 19.3 Å². The van der Waals surface area contributed by atoms with Gasteiger partial charge >= 0.3 is 0 Å². The van der Waals surface area contributed by atoms with Gasteiger partial charge in [0.1, 0.15) is 0 Å². The van der Waals surface area contributed by atoms with Crippen molar-refractivity contribution >= 4 is 24.0 Å². The van der Waals surface area contributed by atoms with Gasteiger partial charge in [0.05, 0.1) is 12.8 Å². The summed E-state index contributed by atoms with van der Waals surface area (Å²) in [5.41, 5.74) is -0.155. The highest BCUT2D eigenvalue weighted by atomic mass is 35.5. The van der Waals surface area contributed by atoms with Crippen LogP contribution in [0, 0.1) is 17.6 Å².